The van der Waals surface area contributed by atoms with E-state index < -0.39 is 12.0 Å². The van der Waals surface area contributed by atoms with Crippen LogP contribution in [0.25, 0.3) is 0 Å². The summed E-state index contributed by atoms with van der Waals surface area (Å²) in [5, 5.41) is 9.96. The highest BCUT2D eigenvalue weighted by Crippen LogP contribution is 2.30. The van der Waals surface area contributed by atoms with E-state index in [4.69, 9.17) is 10.5 Å². The number of rotatable bonds is 5. The average molecular weight is 271 g/mol. The summed E-state index contributed by atoms with van der Waals surface area (Å²) in [6.07, 6.45) is 0.0529. The summed E-state index contributed by atoms with van der Waals surface area (Å²) < 4.78 is 5.76. The quantitative estimate of drug-likeness (QED) is 0.878. The molecule has 1 atom stereocenters. The lowest BCUT2D eigenvalue weighted by atomic mass is 10.1. The Morgan fingerprint density at radius 3 is 2.45 bits per heavy atom. The molecule has 0 aromatic heterocycles. The number of carbonyl (C=O) groups excluding carboxylic acids is 1. The van der Waals surface area contributed by atoms with Crippen molar-refractivity contribution in [2.45, 2.75) is 19.4 Å². The van der Waals surface area contributed by atoms with Crippen LogP contribution in [0.4, 0.5) is 0 Å². The zero-order valence-corrected chi connectivity index (χ0v) is 11.2. The molecule has 0 spiro atoms. The molecule has 2 aromatic carbocycles. The summed E-state index contributed by atoms with van der Waals surface area (Å²) in [7, 11) is 0. The number of primary amides is 1. The predicted octanol–water partition coefficient (Wildman–Crippen LogP) is 3.02. The Labute approximate surface area is 117 Å². The van der Waals surface area contributed by atoms with Crippen LogP contribution >= 0.6 is 0 Å². The number of benzene rings is 2. The zero-order valence-electron chi connectivity index (χ0n) is 11.2. The summed E-state index contributed by atoms with van der Waals surface area (Å²) >= 11 is 0. The molecular formula is C16H17NO3. The van der Waals surface area contributed by atoms with Crippen LogP contribution in [0, 0.1) is 0 Å². The first-order valence-electron chi connectivity index (χ1n) is 6.46. The maximum absolute atomic E-state index is 11.0. The van der Waals surface area contributed by atoms with Gasteiger partial charge in [-0.1, -0.05) is 25.1 Å². The number of carbonyl (C=O) groups is 1. The number of hydrogen-bond acceptors (Lipinski definition) is 3. The van der Waals surface area contributed by atoms with Gasteiger partial charge in [0.2, 0.25) is 5.91 Å². The van der Waals surface area contributed by atoms with Gasteiger partial charge in [0.15, 0.2) is 0 Å². The van der Waals surface area contributed by atoms with E-state index in [1.165, 1.54) is 0 Å². The number of aliphatic hydroxyl groups is 1. The number of amides is 1. The van der Waals surface area contributed by atoms with E-state index >= 15 is 0 Å². The lowest BCUT2D eigenvalue weighted by Crippen LogP contribution is -2.10. The normalized spacial score (nSPS) is 11.9. The summed E-state index contributed by atoms with van der Waals surface area (Å²) in [6.45, 7) is 1.91. The summed E-state index contributed by atoms with van der Waals surface area (Å²) in [5.41, 5.74) is 6.36. The minimum Gasteiger partial charge on any atom is -0.457 e. The van der Waals surface area contributed by atoms with Crippen molar-refractivity contribution in [2.75, 3.05) is 0 Å². The van der Waals surface area contributed by atoms with Crippen LogP contribution in [0.5, 0.6) is 11.5 Å². The second kappa shape index (κ2) is 6.21. The van der Waals surface area contributed by atoms with Crippen LogP contribution in [-0.4, -0.2) is 11.0 Å². The number of para-hydroxylation sites is 1. The lowest BCUT2D eigenvalue weighted by Gasteiger charge is -2.14. The first-order chi connectivity index (χ1) is 9.61. The van der Waals surface area contributed by atoms with E-state index in [2.05, 4.69) is 0 Å². The Balaban J connectivity index is 2.23. The standard InChI is InChI=1S/C16H17NO3/c1-2-14(18)13-5-3-4-6-15(13)20-12-9-7-11(8-10-12)16(17)19/h3-10,14,18H,2H2,1H3,(H2,17,19). The van der Waals surface area contributed by atoms with E-state index in [0.29, 0.717) is 23.5 Å². The Morgan fingerprint density at radius 2 is 1.85 bits per heavy atom. The van der Waals surface area contributed by atoms with Crippen LogP contribution in [0.15, 0.2) is 48.5 Å². The van der Waals surface area contributed by atoms with Crippen molar-refractivity contribution >= 4 is 5.91 Å². The third kappa shape index (κ3) is 3.16. The zero-order chi connectivity index (χ0) is 14.5. The van der Waals surface area contributed by atoms with Crippen LogP contribution in [0.3, 0.4) is 0 Å². The maximum Gasteiger partial charge on any atom is 0.248 e. The van der Waals surface area contributed by atoms with Gasteiger partial charge in [0.1, 0.15) is 11.5 Å². The number of aliphatic hydroxyl groups excluding tert-OH is 1. The SMILES string of the molecule is CCC(O)c1ccccc1Oc1ccc(C(N)=O)cc1. The minimum absolute atomic E-state index is 0.430. The molecule has 2 aromatic rings. The minimum atomic E-state index is -0.559. The Kier molecular flexibility index (Phi) is 4.38. The van der Waals surface area contributed by atoms with E-state index in [9.17, 15) is 9.90 Å². The van der Waals surface area contributed by atoms with Crippen LogP contribution in [0.2, 0.25) is 0 Å². The fraction of sp³-hybridized carbons (Fsp3) is 0.188. The van der Waals surface area contributed by atoms with Crippen LogP contribution in [0.1, 0.15) is 35.4 Å². The van der Waals surface area contributed by atoms with Gasteiger partial charge in [-0.3, -0.25) is 4.79 Å². The molecule has 20 heavy (non-hydrogen) atoms. The topological polar surface area (TPSA) is 72.6 Å². The molecule has 1 unspecified atom stereocenters. The molecule has 4 nitrogen and oxygen atoms in total. The average Bonchev–Trinajstić information content (AvgIpc) is 2.47. The Hall–Kier alpha value is -2.33. The Bertz CT molecular complexity index is 593. The highest BCUT2D eigenvalue weighted by Gasteiger charge is 2.11. The van der Waals surface area contributed by atoms with Crippen molar-refractivity contribution in [3.05, 3.63) is 59.7 Å². The van der Waals surface area contributed by atoms with Gasteiger partial charge in [-0.15, -0.1) is 0 Å². The molecule has 0 saturated heterocycles. The Morgan fingerprint density at radius 1 is 1.20 bits per heavy atom. The molecule has 104 valence electrons. The number of nitrogens with two attached hydrogens (primary N) is 1. The van der Waals surface area contributed by atoms with Crippen molar-refractivity contribution in [1.82, 2.24) is 0 Å². The van der Waals surface area contributed by atoms with Gasteiger partial charge in [0.25, 0.3) is 0 Å². The highest BCUT2D eigenvalue weighted by molar-refractivity contribution is 5.92. The largest absolute Gasteiger partial charge is 0.457 e. The summed E-state index contributed by atoms with van der Waals surface area (Å²) in [6, 6.07) is 13.9. The second-order valence-corrected chi connectivity index (χ2v) is 4.45. The molecule has 3 N–H and O–H groups in total. The first kappa shape index (κ1) is 14.1. The maximum atomic E-state index is 11.0. The second-order valence-electron chi connectivity index (χ2n) is 4.45. The molecule has 0 aliphatic rings. The monoisotopic (exact) mass is 271 g/mol. The molecule has 0 saturated carbocycles. The summed E-state index contributed by atoms with van der Waals surface area (Å²) in [5.74, 6) is 0.720. The van der Waals surface area contributed by atoms with Crippen molar-refractivity contribution in [3.8, 4) is 11.5 Å². The van der Waals surface area contributed by atoms with E-state index in [1.807, 2.05) is 25.1 Å². The van der Waals surface area contributed by atoms with Crippen LogP contribution < -0.4 is 10.5 Å². The van der Waals surface area contributed by atoms with Crippen molar-refractivity contribution in [3.63, 3.8) is 0 Å². The number of hydrogen-bond donors (Lipinski definition) is 2. The predicted molar refractivity (Wildman–Crippen MR) is 76.7 cm³/mol. The van der Waals surface area contributed by atoms with Crippen LogP contribution in [-0.2, 0) is 0 Å². The van der Waals surface area contributed by atoms with Gasteiger partial charge in [-0.25, -0.2) is 0 Å². The van der Waals surface area contributed by atoms with Gasteiger partial charge >= 0.3 is 0 Å². The third-order valence-corrected chi connectivity index (χ3v) is 3.03. The molecule has 1 amide bonds. The molecule has 4 heteroatoms. The molecule has 0 aliphatic heterocycles. The lowest BCUT2D eigenvalue weighted by molar-refractivity contribution is 0.100. The molecule has 0 heterocycles. The highest BCUT2D eigenvalue weighted by atomic mass is 16.5. The van der Waals surface area contributed by atoms with Crippen molar-refractivity contribution in [2.24, 2.45) is 5.73 Å². The first-order valence-corrected chi connectivity index (χ1v) is 6.46. The van der Waals surface area contributed by atoms with Gasteiger partial charge in [-0.05, 0) is 36.8 Å². The molecule has 0 fully saturated rings. The molecule has 0 radical (unpaired) electrons. The molecule has 2 rings (SSSR count). The third-order valence-electron chi connectivity index (χ3n) is 3.03. The van der Waals surface area contributed by atoms with Crippen molar-refractivity contribution in [1.29, 1.82) is 0 Å². The number of ether oxygens (including phenoxy) is 1. The van der Waals surface area contributed by atoms with Gasteiger partial charge in [0.05, 0.1) is 6.10 Å². The summed E-state index contributed by atoms with van der Waals surface area (Å²) in [4.78, 5) is 11.0. The van der Waals surface area contributed by atoms with E-state index in [1.54, 1.807) is 30.3 Å². The van der Waals surface area contributed by atoms with Crippen molar-refractivity contribution < 1.29 is 14.6 Å². The van der Waals surface area contributed by atoms with Gasteiger partial charge in [0, 0.05) is 11.1 Å². The fourth-order valence-electron chi connectivity index (χ4n) is 1.88. The fourth-order valence-corrected chi connectivity index (χ4v) is 1.88. The molecule has 0 aliphatic carbocycles. The van der Waals surface area contributed by atoms with E-state index in [-0.39, 0.29) is 0 Å². The smallest absolute Gasteiger partial charge is 0.248 e. The molecule has 0 bridgehead atoms. The molecular weight excluding hydrogens is 254 g/mol. The van der Waals surface area contributed by atoms with Gasteiger partial charge < -0.3 is 15.6 Å². The van der Waals surface area contributed by atoms with Gasteiger partial charge in [-0.2, -0.15) is 0 Å². The van der Waals surface area contributed by atoms with E-state index in [0.717, 1.165) is 5.56 Å².